The Kier molecular flexibility index (Phi) is 4.27. The SMILES string of the molecule is [2H]c1c([2H])c([2H])c(-c2c([2H])c([2H])c(N(c3c([2H])c([2H])c([2H])c([2H])c3[2H])c3ccc(-c4ccccc4-n4c5ccccc5c5ccccc54)c4oc5ccccc5c34)c([2H])c2[2H])c([2H])c1[2H]. The molecule has 0 unspecified atom stereocenters. The summed E-state index contributed by atoms with van der Waals surface area (Å²) in [5.41, 5.74) is 2.75. The second-order valence-corrected chi connectivity index (χ2v) is 11.9. The van der Waals surface area contributed by atoms with E-state index < -0.39 is 107 Å². The molecule has 0 N–H and O–H groups in total. The van der Waals surface area contributed by atoms with E-state index >= 15 is 0 Å². The van der Waals surface area contributed by atoms with Gasteiger partial charge in [0.25, 0.3) is 0 Å². The van der Waals surface area contributed by atoms with Crippen LogP contribution in [0.15, 0.2) is 198 Å². The molecule has 2 heterocycles. The summed E-state index contributed by atoms with van der Waals surface area (Å²) in [4.78, 5) is 1.11. The molecule has 0 saturated heterocycles. The van der Waals surface area contributed by atoms with Crippen LogP contribution in [-0.2, 0) is 0 Å². The van der Waals surface area contributed by atoms with Gasteiger partial charge in [0.1, 0.15) is 11.2 Å². The standard InChI is InChI=1S/C48H32N2O/c1-3-15-33(16-4-1)34-27-29-36(30-28-34)49(35-17-5-2-6-18-35)45-32-31-40(48-47(45)41-22-10-14-26-46(41)51-48)39-21-9-13-25-44(39)50-42-23-11-7-19-37(42)38-20-8-12-24-43(38)50/h1-32H/i1D,2D,3D,4D,5D,6D,15D,16D,17D,18D,27D,28D,29D,30D. The van der Waals surface area contributed by atoms with E-state index in [1.54, 1.807) is 36.4 Å². The number of nitrogens with zero attached hydrogens (tertiary/aromatic N) is 2. The number of anilines is 3. The van der Waals surface area contributed by atoms with E-state index in [4.69, 9.17) is 15.4 Å². The fraction of sp³-hybridized carbons (Fsp3) is 0. The van der Waals surface area contributed by atoms with Gasteiger partial charge in [-0.3, -0.25) is 0 Å². The summed E-state index contributed by atoms with van der Waals surface area (Å²) < 4.78 is 133. The van der Waals surface area contributed by atoms with E-state index in [9.17, 15) is 8.22 Å². The highest BCUT2D eigenvalue weighted by Gasteiger charge is 2.24. The van der Waals surface area contributed by atoms with Crippen LogP contribution in [-0.4, -0.2) is 4.57 Å². The van der Waals surface area contributed by atoms with Gasteiger partial charge in [-0.2, -0.15) is 0 Å². The van der Waals surface area contributed by atoms with E-state index in [1.165, 1.54) is 0 Å². The predicted octanol–water partition coefficient (Wildman–Crippen LogP) is 13.5. The van der Waals surface area contributed by atoms with Gasteiger partial charge in [-0.25, -0.2) is 0 Å². The monoisotopic (exact) mass is 666 g/mol. The minimum atomic E-state index is -0.790. The summed E-state index contributed by atoms with van der Waals surface area (Å²) in [6.45, 7) is 0. The maximum Gasteiger partial charge on any atom is 0.145 e. The molecule has 0 aliphatic rings. The van der Waals surface area contributed by atoms with Gasteiger partial charge in [0.05, 0.1) is 47.0 Å². The molecule has 8 aromatic carbocycles. The Morgan fingerprint density at radius 3 is 1.76 bits per heavy atom. The molecule has 10 aromatic rings. The topological polar surface area (TPSA) is 21.3 Å². The largest absolute Gasteiger partial charge is 0.455 e. The Hall–Kier alpha value is -6.84. The molecule has 0 saturated carbocycles. The molecule has 10 rings (SSSR count). The number of hydrogen-bond acceptors (Lipinski definition) is 2. The third-order valence-electron chi connectivity index (χ3n) is 9.06. The van der Waals surface area contributed by atoms with Gasteiger partial charge in [0.2, 0.25) is 0 Å². The fourth-order valence-corrected chi connectivity index (χ4v) is 6.91. The Balaban J connectivity index is 1.32. The molecular weight excluding hydrogens is 621 g/mol. The van der Waals surface area contributed by atoms with E-state index in [0.29, 0.717) is 27.5 Å². The molecule has 240 valence electrons. The van der Waals surface area contributed by atoms with Gasteiger partial charge in [0.15, 0.2) is 0 Å². The van der Waals surface area contributed by atoms with Crippen molar-refractivity contribution in [3.8, 4) is 27.9 Å². The number of fused-ring (bicyclic) bond motifs is 6. The lowest BCUT2D eigenvalue weighted by Crippen LogP contribution is -2.10. The zero-order valence-corrected chi connectivity index (χ0v) is 26.7. The maximum absolute atomic E-state index is 9.52. The Labute approximate surface area is 315 Å². The first-order chi connectivity index (χ1) is 31.1. The van der Waals surface area contributed by atoms with Crippen molar-refractivity contribution in [1.82, 2.24) is 4.57 Å². The quantitative estimate of drug-likeness (QED) is 0.176. The second kappa shape index (κ2) is 11.9. The molecule has 0 aliphatic carbocycles. The molecule has 3 heteroatoms. The molecule has 0 atom stereocenters. The highest BCUT2D eigenvalue weighted by atomic mass is 16.3. The first-order valence-corrected chi connectivity index (χ1v) is 16.2. The average molecular weight is 667 g/mol. The first kappa shape index (κ1) is 18.2. The minimum absolute atomic E-state index is 0.0814. The molecule has 0 amide bonds. The lowest BCUT2D eigenvalue weighted by molar-refractivity contribution is 0.670. The minimum Gasteiger partial charge on any atom is -0.455 e. The number of hydrogen-bond donors (Lipinski definition) is 0. The molecule has 0 spiro atoms. The van der Waals surface area contributed by atoms with Crippen molar-refractivity contribution < 1.29 is 23.6 Å². The van der Waals surface area contributed by atoms with Crippen LogP contribution in [0.3, 0.4) is 0 Å². The van der Waals surface area contributed by atoms with Gasteiger partial charge < -0.3 is 13.9 Å². The molecule has 2 aromatic heterocycles. The van der Waals surface area contributed by atoms with Crippen LogP contribution < -0.4 is 4.90 Å². The smallest absolute Gasteiger partial charge is 0.145 e. The van der Waals surface area contributed by atoms with Gasteiger partial charge in [-0.1, -0.05) is 133 Å². The number of para-hydroxylation sites is 5. The van der Waals surface area contributed by atoms with E-state index in [0.717, 1.165) is 38.0 Å². The second-order valence-electron chi connectivity index (χ2n) is 11.9. The molecule has 0 bridgehead atoms. The van der Waals surface area contributed by atoms with Crippen LogP contribution in [0.5, 0.6) is 0 Å². The van der Waals surface area contributed by atoms with Crippen LogP contribution >= 0.6 is 0 Å². The van der Waals surface area contributed by atoms with Gasteiger partial charge in [-0.05, 0) is 71.7 Å². The predicted molar refractivity (Wildman–Crippen MR) is 214 cm³/mol. The van der Waals surface area contributed by atoms with Gasteiger partial charge >= 0.3 is 0 Å². The fourth-order valence-electron chi connectivity index (χ4n) is 6.91. The van der Waals surface area contributed by atoms with Crippen LogP contribution in [0.25, 0.3) is 71.7 Å². The number of rotatable bonds is 6. The van der Waals surface area contributed by atoms with Crippen LogP contribution in [0.1, 0.15) is 19.2 Å². The number of aromatic nitrogens is 1. The summed E-state index contributed by atoms with van der Waals surface area (Å²) >= 11 is 0. The summed E-state index contributed by atoms with van der Waals surface area (Å²) in [6.07, 6.45) is 0. The molecule has 3 nitrogen and oxygen atoms in total. The third kappa shape index (κ3) is 4.74. The average Bonchev–Trinajstić information content (AvgIpc) is 3.88. The summed E-state index contributed by atoms with van der Waals surface area (Å²) in [7, 11) is 0. The zero-order chi connectivity index (χ0) is 45.9. The van der Waals surface area contributed by atoms with Crippen molar-refractivity contribution in [2.75, 3.05) is 4.90 Å². The van der Waals surface area contributed by atoms with E-state index in [2.05, 4.69) is 16.7 Å². The lowest BCUT2D eigenvalue weighted by atomic mass is 9.98. The summed E-state index contributed by atoms with van der Waals surface area (Å²) in [6, 6.07) is 24.1. The van der Waals surface area contributed by atoms with Crippen molar-refractivity contribution in [2.24, 2.45) is 0 Å². The molecular formula is C48H32N2O. The zero-order valence-electron chi connectivity index (χ0n) is 40.7. The first-order valence-electron chi connectivity index (χ1n) is 23.2. The van der Waals surface area contributed by atoms with Crippen molar-refractivity contribution in [3.05, 3.63) is 194 Å². The Morgan fingerprint density at radius 2 is 1.04 bits per heavy atom. The van der Waals surface area contributed by atoms with Crippen LogP contribution in [0.2, 0.25) is 0 Å². The van der Waals surface area contributed by atoms with Gasteiger partial charge in [0, 0.05) is 38.7 Å². The lowest BCUT2D eigenvalue weighted by Gasteiger charge is -2.27. The van der Waals surface area contributed by atoms with Crippen LogP contribution in [0, 0.1) is 0 Å². The number of benzene rings is 8. The highest BCUT2D eigenvalue weighted by molar-refractivity contribution is 6.18. The third-order valence-corrected chi connectivity index (χ3v) is 9.06. The summed E-state index contributed by atoms with van der Waals surface area (Å²) in [5, 5.41) is 2.98. The highest BCUT2D eigenvalue weighted by Crippen LogP contribution is 2.47. The van der Waals surface area contributed by atoms with Crippen molar-refractivity contribution in [3.63, 3.8) is 0 Å². The van der Waals surface area contributed by atoms with Gasteiger partial charge in [-0.15, -0.1) is 0 Å². The number of furan rings is 1. The Bertz CT molecular complexity index is 3550. The van der Waals surface area contributed by atoms with Crippen molar-refractivity contribution in [2.45, 2.75) is 0 Å². The van der Waals surface area contributed by atoms with Crippen molar-refractivity contribution >= 4 is 60.8 Å². The maximum atomic E-state index is 9.52. The Morgan fingerprint density at radius 1 is 0.471 bits per heavy atom. The molecule has 0 radical (unpaired) electrons. The molecule has 51 heavy (non-hydrogen) atoms. The molecule has 0 fully saturated rings. The van der Waals surface area contributed by atoms with E-state index in [-0.39, 0.29) is 5.69 Å². The molecule has 0 aliphatic heterocycles. The summed E-state index contributed by atoms with van der Waals surface area (Å²) in [5.74, 6) is 0. The normalized spacial score (nSPS) is 15.4. The van der Waals surface area contributed by atoms with E-state index in [1.807, 2.05) is 60.7 Å². The van der Waals surface area contributed by atoms with Crippen LogP contribution in [0.4, 0.5) is 17.1 Å². The van der Waals surface area contributed by atoms with Crippen molar-refractivity contribution in [1.29, 1.82) is 0 Å².